The molecule has 1 amide bonds. The molecule has 2 aliphatic heterocycles. The van der Waals surface area contributed by atoms with Gasteiger partial charge in [0.25, 0.3) is 0 Å². The smallest absolute Gasteiger partial charge is 0.224 e. The summed E-state index contributed by atoms with van der Waals surface area (Å²) in [5.74, 6) is 0.667. The van der Waals surface area contributed by atoms with Crippen LogP contribution in [0.25, 0.3) is 0 Å². The molecule has 3 unspecified atom stereocenters. The highest BCUT2D eigenvalue weighted by molar-refractivity contribution is 9.09. The van der Waals surface area contributed by atoms with Gasteiger partial charge in [-0.3, -0.25) is 4.79 Å². The van der Waals surface area contributed by atoms with Crippen LogP contribution in [0.15, 0.2) is 18.2 Å². The van der Waals surface area contributed by atoms with Crippen LogP contribution in [-0.4, -0.2) is 18.6 Å². The Bertz CT molecular complexity index is 532. The van der Waals surface area contributed by atoms with Crippen molar-refractivity contribution in [3.8, 4) is 0 Å². The minimum absolute atomic E-state index is 0.132. The normalized spacial score (nSPS) is 26.9. The number of hydrogen-bond donors (Lipinski definition) is 1. The highest BCUT2D eigenvalue weighted by atomic mass is 79.9. The van der Waals surface area contributed by atoms with Crippen molar-refractivity contribution < 1.29 is 9.53 Å². The van der Waals surface area contributed by atoms with E-state index in [2.05, 4.69) is 46.4 Å². The van der Waals surface area contributed by atoms with Crippen LogP contribution in [-0.2, 0) is 16.0 Å². The number of fused-ring (bicyclic) bond motifs is 1. The highest BCUT2D eigenvalue weighted by Gasteiger charge is 2.33. The second-order valence-corrected chi connectivity index (χ2v) is 6.98. The minimum atomic E-state index is 0.132. The van der Waals surface area contributed by atoms with Crippen molar-refractivity contribution in [2.24, 2.45) is 5.92 Å². The van der Waals surface area contributed by atoms with Crippen molar-refractivity contribution in [2.75, 3.05) is 11.9 Å². The number of halogens is 1. The van der Waals surface area contributed by atoms with E-state index in [-0.39, 0.29) is 5.91 Å². The number of nitrogens with one attached hydrogen (secondary N) is 1. The van der Waals surface area contributed by atoms with Gasteiger partial charge in [0.15, 0.2) is 0 Å². The van der Waals surface area contributed by atoms with Gasteiger partial charge in [-0.05, 0) is 42.9 Å². The lowest BCUT2D eigenvalue weighted by Gasteiger charge is -2.23. The van der Waals surface area contributed by atoms with Crippen LogP contribution in [0.3, 0.4) is 0 Å². The lowest BCUT2D eigenvalue weighted by molar-refractivity contribution is -0.116. The summed E-state index contributed by atoms with van der Waals surface area (Å²) < 4.78 is 5.82. The van der Waals surface area contributed by atoms with Crippen LogP contribution in [0.2, 0.25) is 0 Å². The van der Waals surface area contributed by atoms with Crippen LogP contribution >= 0.6 is 15.9 Å². The average molecular weight is 352 g/mol. The molecule has 2 heterocycles. The molecular formula is C17H22BrNO2. The van der Waals surface area contributed by atoms with E-state index in [1.807, 2.05) is 0 Å². The topological polar surface area (TPSA) is 38.3 Å². The van der Waals surface area contributed by atoms with Crippen molar-refractivity contribution in [1.29, 1.82) is 0 Å². The molecule has 1 fully saturated rings. The third kappa shape index (κ3) is 3.16. The number of hydrogen-bond acceptors (Lipinski definition) is 2. The number of alkyl halides is 1. The Morgan fingerprint density at radius 3 is 3.10 bits per heavy atom. The lowest BCUT2D eigenvalue weighted by atomic mass is 9.90. The van der Waals surface area contributed by atoms with Gasteiger partial charge in [0.1, 0.15) is 0 Å². The molecule has 1 N–H and O–H groups in total. The van der Waals surface area contributed by atoms with Crippen molar-refractivity contribution in [1.82, 2.24) is 0 Å². The summed E-state index contributed by atoms with van der Waals surface area (Å²) in [7, 11) is 0. The summed E-state index contributed by atoms with van der Waals surface area (Å²) in [5, 5.41) is 3.00. The van der Waals surface area contributed by atoms with Crippen molar-refractivity contribution in [3.63, 3.8) is 0 Å². The number of anilines is 1. The zero-order valence-electron chi connectivity index (χ0n) is 12.4. The first kappa shape index (κ1) is 15.0. The van der Waals surface area contributed by atoms with E-state index < -0.39 is 0 Å². The largest absolute Gasteiger partial charge is 0.378 e. The fourth-order valence-electron chi connectivity index (χ4n) is 3.43. The van der Waals surface area contributed by atoms with Crippen LogP contribution in [0, 0.1) is 5.92 Å². The van der Waals surface area contributed by atoms with Gasteiger partial charge in [0, 0.05) is 29.5 Å². The number of ether oxygens (including phenoxy) is 1. The summed E-state index contributed by atoms with van der Waals surface area (Å²) in [5.41, 5.74) is 3.55. The molecule has 4 heteroatoms. The molecule has 114 valence electrons. The minimum Gasteiger partial charge on any atom is -0.378 e. The van der Waals surface area contributed by atoms with E-state index in [1.54, 1.807) is 0 Å². The Morgan fingerprint density at radius 1 is 1.43 bits per heavy atom. The van der Waals surface area contributed by atoms with Crippen LogP contribution in [0.5, 0.6) is 0 Å². The number of aryl methyl sites for hydroxylation is 1. The Labute approximate surface area is 134 Å². The Hall–Kier alpha value is -0.870. The maximum Gasteiger partial charge on any atom is 0.224 e. The second-order valence-electron chi connectivity index (χ2n) is 5.99. The molecule has 3 nitrogen and oxygen atoms in total. The Kier molecular flexibility index (Phi) is 4.65. The monoisotopic (exact) mass is 351 g/mol. The van der Waals surface area contributed by atoms with E-state index in [4.69, 9.17) is 4.74 Å². The van der Waals surface area contributed by atoms with Gasteiger partial charge in [-0.2, -0.15) is 0 Å². The van der Waals surface area contributed by atoms with Gasteiger partial charge < -0.3 is 10.1 Å². The van der Waals surface area contributed by atoms with E-state index >= 15 is 0 Å². The number of benzene rings is 1. The third-order valence-electron chi connectivity index (χ3n) is 4.61. The quantitative estimate of drug-likeness (QED) is 0.828. The Balaban J connectivity index is 1.83. The standard InChI is InChI=1S/C17H22BrNO2/c1-2-15-13(8-9-21-15)17(18)12-6-7-14-11(10-12)4-3-5-16(20)19-14/h6-7,10,13,15,17H,2-5,8-9H2,1H3,(H,19,20). The number of amides is 1. The van der Waals surface area contributed by atoms with E-state index in [1.165, 1.54) is 11.1 Å². The summed E-state index contributed by atoms with van der Waals surface area (Å²) >= 11 is 3.89. The number of carbonyl (C=O) groups is 1. The molecular weight excluding hydrogens is 330 g/mol. The summed E-state index contributed by atoms with van der Waals surface area (Å²) in [4.78, 5) is 11.9. The van der Waals surface area contributed by atoms with Gasteiger partial charge in [-0.25, -0.2) is 0 Å². The van der Waals surface area contributed by atoms with Crippen molar-refractivity contribution in [2.45, 2.75) is 50.0 Å². The van der Waals surface area contributed by atoms with Gasteiger partial charge in [0.05, 0.1) is 6.10 Å². The number of rotatable bonds is 3. The van der Waals surface area contributed by atoms with Crippen LogP contribution in [0.1, 0.15) is 48.6 Å². The summed E-state index contributed by atoms with van der Waals surface area (Å²) in [6, 6.07) is 6.44. The zero-order valence-corrected chi connectivity index (χ0v) is 14.0. The van der Waals surface area contributed by atoms with Gasteiger partial charge in [-0.1, -0.05) is 35.0 Å². The molecule has 1 aromatic rings. The van der Waals surface area contributed by atoms with Crippen LogP contribution in [0.4, 0.5) is 5.69 Å². The Morgan fingerprint density at radius 2 is 2.29 bits per heavy atom. The fourth-order valence-corrected chi connectivity index (χ4v) is 4.32. The van der Waals surface area contributed by atoms with Gasteiger partial charge in [-0.15, -0.1) is 0 Å². The highest BCUT2D eigenvalue weighted by Crippen LogP contribution is 2.41. The first-order chi connectivity index (χ1) is 10.2. The molecule has 0 spiro atoms. The maximum atomic E-state index is 11.6. The van der Waals surface area contributed by atoms with E-state index in [0.29, 0.717) is 23.3 Å². The summed E-state index contributed by atoms with van der Waals surface area (Å²) in [6.45, 7) is 3.06. The van der Waals surface area contributed by atoms with Crippen LogP contribution < -0.4 is 5.32 Å². The van der Waals surface area contributed by atoms with E-state index in [0.717, 1.165) is 38.0 Å². The molecule has 0 aliphatic carbocycles. The molecule has 0 saturated carbocycles. The average Bonchev–Trinajstić information content (AvgIpc) is 2.88. The molecule has 3 rings (SSSR count). The molecule has 1 saturated heterocycles. The summed E-state index contributed by atoms with van der Waals surface area (Å²) in [6.07, 6.45) is 5.05. The fraction of sp³-hybridized carbons (Fsp3) is 0.588. The molecule has 21 heavy (non-hydrogen) atoms. The zero-order chi connectivity index (χ0) is 14.8. The van der Waals surface area contributed by atoms with Gasteiger partial charge >= 0.3 is 0 Å². The van der Waals surface area contributed by atoms with Crippen molar-refractivity contribution in [3.05, 3.63) is 29.3 Å². The molecule has 0 aromatic heterocycles. The first-order valence-electron chi connectivity index (χ1n) is 7.87. The molecule has 0 radical (unpaired) electrons. The lowest BCUT2D eigenvalue weighted by Crippen LogP contribution is -2.19. The third-order valence-corrected chi connectivity index (χ3v) is 5.82. The SMILES string of the molecule is CCC1OCCC1C(Br)c1ccc2c(c1)CCCC(=O)N2. The number of carbonyl (C=O) groups excluding carboxylic acids is 1. The maximum absolute atomic E-state index is 11.6. The molecule has 3 atom stereocenters. The first-order valence-corrected chi connectivity index (χ1v) is 8.79. The molecule has 2 aliphatic rings. The second kappa shape index (κ2) is 6.49. The van der Waals surface area contributed by atoms with E-state index in [9.17, 15) is 4.79 Å². The molecule has 1 aromatic carbocycles. The van der Waals surface area contributed by atoms with Gasteiger partial charge in [0.2, 0.25) is 5.91 Å². The predicted molar refractivity (Wildman–Crippen MR) is 87.8 cm³/mol. The van der Waals surface area contributed by atoms with Crippen molar-refractivity contribution >= 4 is 27.5 Å². The molecule has 0 bridgehead atoms. The predicted octanol–water partition coefficient (Wildman–Crippen LogP) is 4.21.